The van der Waals surface area contributed by atoms with E-state index in [0.29, 0.717) is 12.6 Å². The van der Waals surface area contributed by atoms with Crippen molar-refractivity contribution in [2.24, 2.45) is 5.73 Å². The van der Waals surface area contributed by atoms with Crippen molar-refractivity contribution in [3.8, 4) is 0 Å². The van der Waals surface area contributed by atoms with E-state index in [4.69, 9.17) is 10.5 Å². The second-order valence-corrected chi connectivity index (χ2v) is 3.93. The summed E-state index contributed by atoms with van der Waals surface area (Å²) in [4.78, 5) is 4.41. The van der Waals surface area contributed by atoms with Gasteiger partial charge >= 0.3 is 0 Å². The van der Waals surface area contributed by atoms with Gasteiger partial charge in [-0.05, 0) is 25.8 Å². The predicted octanol–water partition coefficient (Wildman–Crippen LogP) is 0.417. The van der Waals surface area contributed by atoms with Crippen molar-refractivity contribution in [2.45, 2.75) is 38.2 Å². The van der Waals surface area contributed by atoms with E-state index in [1.807, 2.05) is 0 Å². The molecule has 1 aliphatic heterocycles. The number of ether oxygens (including phenoxy) is 1. The van der Waals surface area contributed by atoms with Gasteiger partial charge in [0.05, 0.1) is 6.10 Å². The predicted molar refractivity (Wildman–Crippen MR) is 56.4 cm³/mol. The molecule has 0 amide bonds. The van der Waals surface area contributed by atoms with Crippen LogP contribution in [0.5, 0.6) is 0 Å². The van der Waals surface area contributed by atoms with Crippen molar-refractivity contribution in [1.82, 2.24) is 15.2 Å². The summed E-state index contributed by atoms with van der Waals surface area (Å²) in [6.45, 7) is 1.58. The van der Waals surface area contributed by atoms with Crippen LogP contribution in [0, 0.1) is 0 Å². The number of H-pyrrole nitrogens is 1. The number of nitrogens with two attached hydrogens (primary N) is 1. The van der Waals surface area contributed by atoms with Crippen LogP contribution in [0.3, 0.4) is 0 Å². The van der Waals surface area contributed by atoms with Crippen LogP contribution in [0.1, 0.15) is 30.9 Å². The molecule has 1 unspecified atom stereocenters. The van der Waals surface area contributed by atoms with E-state index in [9.17, 15) is 0 Å². The van der Waals surface area contributed by atoms with Crippen molar-refractivity contribution in [1.29, 1.82) is 0 Å². The second-order valence-electron chi connectivity index (χ2n) is 3.93. The number of hydrogen-bond acceptors (Lipinski definition) is 4. The van der Waals surface area contributed by atoms with Gasteiger partial charge in [0.25, 0.3) is 0 Å². The van der Waals surface area contributed by atoms with Crippen molar-refractivity contribution >= 4 is 0 Å². The zero-order valence-corrected chi connectivity index (χ0v) is 8.91. The first kappa shape index (κ1) is 10.6. The van der Waals surface area contributed by atoms with Gasteiger partial charge in [-0.25, -0.2) is 4.98 Å². The molecule has 0 saturated carbocycles. The SMILES string of the molecule is NCCCc1n[nH]c(CC2CCCO2)n1. The largest absolute Gasteiger partial charge is 0.378 e. The summed E-state index contributed by atoms with van der Waals surface area (Å²) in [5.74, 6) is 1.81. The van der Waals surface area contributed by atoms with Gasteiger partial charge in [0.2, 0.25) is 0 Å². The van der Waals surface area contributed by atoms with Gasteiger partial charge in [-0.3, -0.25) is 5.10 Å². The van der Waals surface area contributed by atoms with Crippen molar-refractivity contribution in [3.05, 3.63) is 11.6 Å². The molecule has 1 fully saturated rings. The lowest BCUT2D eigenvalue weighted by molar-refractivity contribution is 0.110. The number of rotatable bonds is 5. The summed E-state index contributed by atoms with van der Waals surface area (Å²) < 4.78 is 5.54. The smallest absolute Gasteiger partial charge is 0.150 e. The Morgan fingerprint density at radius 2 is 2.47 bits per heavy atom. The van der Waals surface area contributed by atoms with Gasteiger partial charge in [0.15, 0.2) is 5.82 Å². The zero-order valence-electron chi connectivity index (χ0n) is 8.91. The molecule has 1 saturated heterocycles. The van der Waals surface area contributed by atoms with E-state index >= 15 is 0 Å². The third-order valence-corrected chi connectivity index (χ3v) is 2.63. The molecule has 1 aliphatic rings. The lowest BCUT2D eigenvalue weighted by atomic mass is 10.2. The average molecular weight is 210 g/mol. The molecule has 3 N–H and O–H groups in total. The van der Waals surface area contributed by atoms with Crippen LogP contribution in [0.25, 0.3) is 0 Å². The number of nitrogens with one attached hydrogen (secondary N) is 1. The van der Waals surface area contributed by atoms with Crippen molar-refractivity contribution < 1.29 is 4.74 Å². The summed E-state index contributed by atoms with van der Waals surface area (Å²) in [5, 5.41) is 7.11. The minimum Gasteiger partial charge on any atom is -0.378 e. The monoisotopic (exact) mass is 210 g/mol. The molecule has 1 atom stereocenters. The highest BCUT2D eigenvalue weighted by atomic mass is 16.5. The van der Waals surface area contributed by atoms with E-state index in [1.54, 1.807) is 0 Å². The summed E-state index contributed by atoms with van der Waals surface area (Å²) in [6, 6.07) is 0. The third-order valence-electron chi connectivity index (χ3n) is 2.63. The fourth-order valence-corrected chi connectivity index (χ4v) is 1.82. The van der Waals surface area contributed by atoms with Gasteiger partial charge in [0, 0.05) is 19.4 Å². The first-order valence-corrected chi connectivity index (χ1v) is 5.60. The molecule has 0 aliphatic carbocycles. The van der Waals surface area contributed by atoms with Crippen LogP contribution < -0.4 is 5.73 Å². The maximum Gasteiger partial charge on any atom is 0.150 e. The fraction of sp³-hybridized carbons (Fsp3) is 0.800. The number of aryl methyl sites for hydroxylation is 1. The topological polar surface area (TPSA) is 76.8 Å². The van der Waals surface area contributed by atoms with Crippen LogP contribution >= 0.6 is 0 Å². The molecule has 15 heavy (non-hydrogen) atoms. The van der Waals surface area contributed by atoms with E-state index in [1.165, 1.54) is 6.42 Å². The molecule has 1 aromatic heterocycles. The molecule has 2 heterocycles. The van der Waals surface area contributed by atoms with Gasteiger partial charge in [-0.15, -0.1) is 0 Å². The highest BCUT2D eigenvalue weighted by molar-refractivity contribution is 4.93. The number of aromatic nitrogens is 3. The molecule has 0 bridgehead atoms. The van der Waals surface area contributed by atoms with Crippen LogP contribution in [0.4, 0.5) is 0 Å². The number of nitrogens with zero attached hydrogens (tertiary/aromatic N) is 2. The summed E-state index contributed by atoms with van der Waals surface area (Å²) in [5.41, 5.74) is 5.43. The van der Waals surface area contributed by atoms with E-state index in [0.717, 1.165) is 43.9 Å². The Labute approximate surface area is 89.4 Å². The lowest BCUT2D eigenvalue weighted by Crippen LogP contribution is -2.10. The summed E-state index contributed by atoms with van der Waals surface area (Å²) >= 11 is 0. The van der Waals surface area contributed by atoms with Crippen molar-refractivity contribution in [3.63, 3.8) is 0 Å². The van der Waals surface area contributed by atoms with E-state index in [-0.39, 0.29) is 0 Å². The van der Waals surface area contributed by atoms with Crippen LogP contribution in [0.15, 0.2) is 0 Å². The van der Waals surface area contributed by atoms with Gasteiger partial charge < -0.3 is 10.5 Å². The highest BCUT2D eigenvalue weighted by Crippen LogP contribution is 2.15. The van der Waals surface area contributed by atoms with E-state index in [2.05, 4.69) is 15.2 Å². The average Bonchev–Trinajstić information content (AvgIpc) is 2.87. The molecule has 2 rings (SSSR count). The number of aromatic amines is 1. The maximum atomic E-state index is 5.54. The Morgan fingerprint density at radius 1 is 1.53 bits per heavy atom. The Kier molecular flexibility index (Phi) is 3.69. The molecular weight excluding hydrogens is 192 g/mol. The molecule has 5 nitrogen and oxygen atoms in total. The van der Waals surface area contributed by atoms with E-state index < -0.39 is 0 Å². The van der Waals surface area contributed by atoms with Gasteiger partial charge in [-0.1, -0.05) is 0 Å². The molecule has 0 aromatic carbocycles. The van der Waals surface area contributed by atoms with Gasteiger partial charge in [0.1, 0.15) is 5.82 Å². The molecular formula is C10H18N4O. The van der Waals surface area contributed by atoms with Crippen LogP contribution in [0.2, 0.25) is 0 Å². The highest BCUT2D eigenvalue weighted by Gasteiger charge is 2.17. The maximum absolute atomic E-state index is 5.54. The normalized spacial score (nSPS) is 21.0. The molecule has 0 spiro atoms. The minimum atomic E-state index is 0.334. The quantitative estimate of drug-likeness (QED) is 0.738. The molecule has 1 aromatic rings. The molecule has 0 radical (unpaired) electrons. The summed E-state index contributed by atoms with van der Waals surface area (Å²) in [7, 11) is 0. The zero-order chi connectivity index (χ0) is 10.5. The van der Waals surface area contributed by atoms with Crippen molar-refractivity contribution in [2.75, 3.05) is 13.2 Å². The first-order valence-electron chi connectivity index (χ1n) is 5.60. The number of hydrogen-bond donors (Lipinski definition) is 2. The molecule has 5 heteroatoms. The summed E-state index contributed by atoms with van der Waals surface area (Å²) in [6.07, 6.45) is 5.29. The van der Waals surface area contributed by atoms with Crippen LogP contribution in [-0.2, 0) is 17.6 Å². The fourth-order valence-electron chi connectivity index (χ4n) is 1.82. The Hall–Kier alpha value is -0.940. The minimum absolute atomic E-state index is 0.334. The van der Waals surface area contributed by atoms with Gasteiger partial charge in [-0.2, -0.15) is 5.10 Å². The molecule has 84 valence electrons. The lowest BCUT2D eigenvalue weighted by Gasteiger charge is -2.04. The first-order chi connectivity index (χ1) is 7.38. The Balaban J connectivity index is 1.83. The second kappa shape index (κ2) is 5.23. The standard InChI is InChI=1S/C10H18N4O/c11-5-1-4-9-12-10(14-13-9)7-8-3-2-6-15-8/h8H,1-7,11H2,(H,12,13,14). The third kappa shape index (κ3) is 3.00. The van der Waals surface area contributed by atoms with Crippen LogP contribution in [-0.4, -0.2) is 34.4 Å². The Bertz CT molecular complexity index is 293. The Morgan fingerprint density at radius 3 is 3.20 bits per heavy atom.